The Morgan fingerprint density at radius 1 is 0.957 bits per heavy atom. The van der Waals surface area contributed by atoms with E-state index in [1.54, 1.807) is 32.2 Å². The molecule has 0 fully saturated rings. The zero-order valence-electron chi connectivity index (χ0n) is 13.2. The minimum atomic E-state index is -1.13. The molecular weight excluding hydrogens is 286 g/mol. The van der Waals surface area contributed by atoms with Crippen LogP contribution in [0, 0.1) is 0 Å². The topological polar surface area (TPSA) is 53.1 Å². The monoisotopic (exact) mass is 305 g/mol. The van der Waals surface area contributed by atoms with Gasteiger partial charge in [-0.1, -0.05) is 60.7 Å². The normalized spacial score (nSPS) is 11.4. The fourth-order valence-corrected chi connectivity index (χ4v) is 2.72. The van der Waals surface area contributed by atoms with E-state index in [1.807, 2.05) is 48.5 Å². The summed E-state index contributed by atoms with van der Waals surface area (Å²) in [5.41, 5.74) is 2.28. The molecule has 23 heavy (non-hydrogen) atoms. The average Bonchev–Trinajstić information content (AvgIpc) is 3.01. The standard InChI is InChI=1S/C20H19NO2/c1-20(2,23)19-17(18(22)15-11-7-4-8-12-15)16(13-21-19)14-9-5-3-6-10-14/h3-13,21,23H,1-2H3. The highest BCUT2D eigenvalue weighted by atomic mass is 16.3. The number of nitrogens with one attached hydrogen (secondary N) is 1. The van der Waals surface area contributed by atoms with E-state index in [0.717, 1.165) is 11.1 Å². The minimum Gasteiger partial charge on any atom is -0.384 e. The molecule has 0 aliphatic heterocycles. The van der Waals surface area contributed by atoms with Crippen LogP contribution in [0.2, 0.25) is 0 Å². The van der Waals surface area contributed by atoms with Crippen molar-refractivity contribution in [2.45, 2.75) is 19.4 Å². The molecule has 1 aromatic heterocycles. The smallest absolute Gasteiger partial charge is 0.195 e. The summed E-state index contributed by atoms with van der Waals surface area (Å²) in [4.78, 5) is 16.1. The summed E-state index contributed by atoms with van der Waals surface area (Å²) in [6.07, 6.45) is 1.79. The molecule has 2 N–H and O–H groups in total. The molecule has 3 nitrogen and oxygen atoms in total. The van der Waals surface area contributed by atoms with Crippen LogP contribution in [-0.2, 0) is 5.60 Å². The first-order chi connectivity index (χ1) is 11.0. The molecule has 0 aliphatic carbocycles. The third-order valence-corrected chi connectivity index (χ3v) is 3.84. The second kappa shape index (κ2) is 5.86. The van der Waals surface area contributed by atoms with Gasteiger partial charge in [0.25, 0.3) is 0 Å². The summed E-state index contributed by atoms with van der Waals surface area (Å²) in [5, 5.41) is 10.4. The van der Waals surface area contributed by atoms with Crippen molar-refractivity contribution in [1.29, 1.82) is 0 Å². The third kappa shape index (κ3) is 2.96. The Labute approximate surface area is 135 Å². The molecule has 2 aromatic carbocycles. The van der Waals surface area contributed by atoms with E-state index in [4.69, 9.17) is 0 Å². The van der Waals surface area contributed by atoms with Crippen LogP contribution in [0.1, 0.15) is 35.5 Å². The number of aromatic amines is 1. The van der Waals surface area contributed by atoms with Crippen molar-refractivity contribution >= 4 is 5.78 Å². The van der Waals surface area contributed by atoms with E-state index in [0.29, 0.717) is 16.8 Å². The zero-order valence-corrected chi connectivity index (χ0v) is 13.2. The number of carbonyl (C=O) groups excluding carboxylic acids is 1. The van der Waals surface area contributed by atoms with Gasteiger partial charge in [-0.3, -0.25) is 4.79 Å². The molecule has 1 heterocycles. The lowest BCUT2D eigenvalue weighted by atomic mass is 9.91. The Hall–Kier alpha value is -2.65. The van der Waals surface area contributed by atoms with Crippen LogP contribution in [0.3, 0.4) is 0 Å². The van der Waals surface area contributed by atoms with Crippen molar-refractivity contribution in [3.05, 3.63) is 83.7 Å². The molecule has 0 saturated carbocycles. The quantitative estimate of drug-likeness (QED) is 0.712. The molecular formula is C20H19NO2. The maximum Gasteiger partial charge on any atom is 0.195 e. The molecule has 0 saturated heterocycles. The molecule has 0 unspecified atom stereocenters. The van der Waals surface area contributed by atoms with E-state index in [2.05, 4.69) is 4.98 Å². The molecule has 0 amide bonds. The number of ketones is 1. The zero-order chi connectivity index (χ0) is 16.4. The maximum absolute atomic E-state index is 13.0. The summed E-state index contributed by atoms with van der Waals surface area (Å²) in [6, 6.07) is 18.9. The molecule has 0 spiro atoms. The Kier molecular flexibility index (Phi) is 3.89. The van der Waals surface area contributed by atoms with Gasteiger partial charge in [0, 0.05) is 17.3 Å². The average molecular weight is 305 g/mol. The molecule has 0 aliphatic rings. The number of benzene rings is 2. The predicted octanol–water partition coefficient (Wildman–Crippen LogP) is 4.14. The number of aromatic nitrogens is 1. The number of hydrogen-bond acceptors (Lipinski definition) is 2. The highest BCUT2D eigenvalue weighted by Crippen LogP contribution is 2.33. The van der Waals surface area contributed by atoms with Crippen molar-refractivity contribution < 1.29 is 9.90 Å². The van der Waals surface area contributed by atoms with E-state index < -0.39 is 5.60 Å². The Bertz CT molecular complexity index is 812. The van der Waals surface area contributed by atoms with Gasteiger partial charge in [-0.25, -0.2) is 0 Å². The Morgan fingerprint density at radius 3 is 2.09 bits per heavy atom. The first-order valence-electron chi connectivity index (χ1n) is 7.58. The van der Waals surface area contributed by atoms with E-state index >= 15 is 0 Å². The van der Waals surface area contributed by atoms with Gasteiger partial charge in [0.1, 0.15) is 0 Å². The molecule has 3 rings (SSSR count). The molecule has 3 aromatic rings. The van der Waals surface area contributed by atoms with E-state index in [9.17, 15) is 9.90 Å². The molecule has 116 valence electrons. The van der Waals surface area contributed by atoms with Gasteiger partial charge >= 0.3 is 0 Å². The van der Waals surface area contributed by atoms with Crippen LogP contribution in [0.5, 0.6) is 0 Å². The lowest BCUT2D eigenvalue weighted by molar-refractivity contribution is 0.0721. The lowest BCUT2D eigenvalue weighted by Crippen LogP contribution is -2.20. The van der Waals surface area contributed by atoms with Crippen LogP contribution >= 0.6 is 0 Å². The van der Waals surface area contributed by atoms with Crippen molar-refractivity contribution in [1.82, 2.24) is 4.98 Å². The van der Waals surface area contributed by atoms with Crippen LogP contribution in [0.15, 0.2) is 66.9 Å². The van der Waals surface area contributed by atoms with Gasteiger partial charge in [0.05, 0.1) is 16.9 Å². The summed E-state index contributed by atoms with van der Waals surface area (Å²) in [7, 11) is 0. The molecule has 0 bridgehead atoms. The van der Waals surface area contributed by atoms with Gasteiger partial charge in [-0.2, -0.15) is 0 Å². The number of aliphatic hydroxyl groups is 1. The summed E-state index contributed by atoms with van der Waals surface area (Å²) in [6.45, 7) is 3.35. The fourth-order valence-electron chi connectivity index (χ4n) is 2.72. The fraction of sp³-hybridized carbons (Fsp3) is 0.150. The summed E-state index contributed by atoms with van der Waals surface area (Å²) < 4.78 is 0. The van der Waals surface area contributed by atoms with Gasteiger partial charge in [-0.05, 0) is 19.4 Å². The highest BCUT2D eigenvalue weighted by Gasteiger charge is 2.29. The Balaban J connectivity index is 2.20. The van der Waals surface area contributed by atoms with E-state index in [1.165, 1.54) is 0 Å². The number of H-pyrrole nitrogens is 1. The third-order valence-electron chi connectivity index (χ3n) is 3.84. The summed E-state index contributed by atoms with van der Waals surface area (Å²) >= 11 is 0. The van der Waals surface area contributed by atoms with Gasteiger partial charge in [0.2, 0.25) is 0 Å². The molecule has 0 atom stereocenters. The van der Waals surface area contributed by atoms with Crippen molar-refractivity contribution in [3.8, 4) is 11.1 Å². The van der Waals surface area contributed by atoms with Crippen LogP contribution < -0.4 is 0 Å². The van der Waals surface area contributed by atoms with Crippen LogP contribution in [0.25, 0.3) is 11.1 Å². The predicted molar refractivity (Wildman–Crippen MR) is 91.3 cm³/mol. The number of hydrogen-bond donors (Lipinski definition) is 2. The maximum atomic E-state index is 13.0. The first kappa shape index (κ1) is 15.3. The first-order valence-corrected chi connectivity index (χ1v) is 7.58. The molecule has 3 heteroatoms. The summed E-state index contributed by atoms with van der Waals surface area (Å²) in [5.74, 6) is -0.0946. The lowest BCUT2D eigenvalue weighted by Gasteiger charge is -2.18. The second-order valence-electron chi connectivity index (χ2n) is 6.07. The van der Waals surface area contributed by atoms with Gasteiger partial charge < -0.3 is 10.1 Å². The van der Waals surface area contributed by atoms with Crippen LogP contribution in [0.4, 0.5) is 0 Å². The minimum absolute atomic E-state index is 0.0946. The number of carbonyl (C=O) groups is 1. The van der Waals surface area contributed by atoms with Gasteiger partial charge in [-0.15, -0.1) is 0 Å². The van der Waals surface area contributed by atoms with Crippen molar-refractivity contribution in [2.75, 3.05) is 0 Å². The Morgan fingerprint density at radius 2 is 1.52 bits per heavy atom. The molecule has 0 radical (unpaired) electrons. The number of rotatable bonds is 4. The van der Waals surface area contributed by atoms with Crippen LogP contribution in [-0.4, -0.2) is 15.9 Å². The van der Waals surface area contributed by atoms with Crippen molar-refractivity contribution in [3.63, 3.8) is 0 Å². The SMILES string of the molecule is CC(C)(O)c1[nH]cc(-c2ccccc2)c1C(=O)c1ccccc1. The largest absolute Gasteiger partial charge is 0.384 e. The second-order valence-corrected chi connectivity index (χ2v) is 6.07. The highest BCUT2D eigenvalue weighted by molar-refractivity contribution is 6.13. The van der Waals surface area contributed by atoms with Gasteiger partial charge in [0.15, 0.2) is 5.78 Å². The van der Waals surface area contributed by atoms with E-state index in [-0.39, 0.29) is 5.78 Å². The van der Waals surface area contributed by atoms with Crippen molar-refractivity contribution in [2.24, 2.45) is 0 Å².